The number of rotatable bonds is 6. The Morgan fingerprint density at radius 1 is 0.884 bits per heavy atom. The van der Waals surface area contributed by atoms with E-state index in [1.54, 1.807) is 83.9 Å². The molecule has 0 spiro atoms. The number of amides is 2. The summed E-state index contributed by atoms with van der Waals surface area (Å²) in [5, 5.41) is 12.0. The van der Waals surface area contributed by atoms with E-state index in [1.165, 1.54) is 0 Å². The molecule has 4 rings (SSSR count). The number of halogens is 2. The summed E-state index contributed by atoms with van der Waals surface area (Å²) in [5.74, 6) is -0.0896. The van der Waals surface area contributed by atoms with Crippen LogP contribution in [0, 0.1) is 0 Å². The molecule has 0 aromatic heterocycles. The van der Waals surface area contributed by atoms with Crippen LogP contribution in [0.2, 0.25) is 0 Å². The number of urea groups is 1. The van der Waals surface area contributed by atoms with Gasteiger partial charge in [0.2, 0.25) is 5.60 Å². The molecule has 0 bridgehead atoms. The predicted molar refractivity (Wildman–Crippen MR) is 183 cm³/mol. The van der Waals surface area contributed by atoms with Crippen LogP contribution in [0.25, 0.3) is 0 Å². The molecule has 3 aromatic carbocycles. The second-order valence-corrected chi connectivity index (χ2v) is 14.3. The highest BCUT2D eigenvalue weighted by atomic mass is 79.9. The molecule has 43 heavy (non-hydrogen) atoms. The summed E-state index contributed by atoms with van der Waals surface area (Å²) in [6.07, 6.45) is -0.315. The Kier molecular flexibility index (Phi) is 12.1. The smallest absolute Gasteiger partial charge is 0.347 e. The number of para-hydroxylation sites is 1. The molecular formula is C33H39Br2N3O4S. The Hall–Kier alpha value is -2.66. The van der Waals surface area contributed by atoms with Gasteiger partial charge in [-0.1, -0.05) is 86.1 Å². The monoisotopic (exact) mass is 731 g/mol. The lowest BCUT2D eigenvalue weighted by molar-refractivity contribution is -0.166. The molecule has 1 fully saturated rings. The number of ether oxygens (including phenoxy) is 1. The summed E-state index contributed by atoms with van der Waals surface area (Å²) < 4.78 is 7.01. The fourth-order valence-electron chi connectivity index (χ4n) is 4.15. The van der Waals surface area contributed by atoms with E-state index in [0.29, 0.717) is 17.0 Å². The quantitative estimate of drug-likeness (QED) is 0.257. The van der Waals surface area contributed by atoms with E-state index in [2.05, 4.69) is 31.9 Å². The topological polar surface area (TPSA) is 82.4 Å². The van der Waals surface area contributed by atoms with Crippen LogP contribution in [0.5, 0.6) is 0 Å². The molecule has 3 aromatic rings. The van der Waals surface area contributed by atoms with Gasteiger partial charge < -0.3 is 9.84 Å². The molecule has 230 valence electrons. The lowest BCUT2D eigenvalue weighted by Gasteiger charge is -2.38. The lowest BCUT2D eigenvalue weighted by atomic mass is 9.86. The van der Waals surface area contributed by atoms with E-state index in [9.17, 15) is 14.7 Å². The number of benzene rings is 3. The molecule has 0 atom stereocenters. The molecular weight excluding hydrogens is 694 g/mol. The van der Waals surface area contributed by atoms with Gasteiger partial charge in [-0.2, -0.15) is 0 Å². The van der Waals surface area contributed by atoms with Crippen LogP contribution >= 0.6 is 43.6 Å². The Balaban J connectivity index is 0.000000236. The zero-order valence-electron chi connectivity index (χ0n) is 25.5. The largest absolute Gasteiger partial charge is 0.460 e. The Labute approximate surface area is 276 Å². The minimum atomic E-state index is -1.84. The molecule has 1 aliphatic rings. The molecule has 0 unspecified atom stereocenters. The second-order valence-electron chi connectivity index (χ2n) is 11.5. The number of thioether (sulfide) groups is 1. The third-order valence-corrected chi connectivity index (χ3v) is 8.13. The number of hydrogen-bond acceptors (Lipinski definition) is 6. The summed E-state index contributed by atoms with van der Waals surface area (Å²) in [4.78, 5) is 33.7. The predicted octanol–water partition coefficient (Wildman–Crippen LogP) is 8.58. The molecule has 0 aliphatic carbocycles. The maximum atomic E-state index is 12.8. The maximum Gasteiger partial charge on any atom is 0.347 e. The van der Waals surface area contributed by atoms with Crippen molar-refractivity contribution in [2.24, 2.45) is 4.99 Å². The van der Waals surface area contributed by atoms with E-state index in [-0.39, 0.29) is 23.7 Å². The van der Waals surface area contributed by atoms with Crippen molar-refractivity contribution in [3.63, 3.8) is 0 Å². The number of anilines is 1. The second kappa shape index (κ2) is 14.9. The standard InChI is InChI=1S/C17H16Br2O3.C16H23N3OS/c1-11(2)22-16(20)17(21,12-3-7-14(18)8-4-12)13-5-9-15(19)10-6-13;1-12(2)19-14(17-16(3,4)5)21-11-18(15(19)20)13-9-7-6-8-10-13/h3-11,21H,1-2H3;6-10,12H,11H2,1-5H3. The van der Waals surface area contributed by atoms with Gasteiger partial charge in [0.05, 0.1) is 17.5 Å². The van der Waals surface area contributed by atoms with Gasteiger partial charge in [0.1, 0.15) is 0 Å². The van der Waals surface area contributed by atoms with Crippen LogP contribution in [-0.2, 0) is 15.1 Å². The van der Waals surface area contributed by atoms with Crippen LogP contribution in [0.1, 0.15) is 59.6 Å². The summed E-state index contributed by atoms with van der Waals surface area (Å²) in [6.45, 7) is 13.7. The summed E-state index contributed by atoms with van der Waals surface area (Å²) in [5.41, 5.74) is -0.182. The van der Waals surface area contributed by atoms with Crippen molar-refractivity contribution in [1.29, 1.82) is 0 Å². The number of hydrogen-bond donors (Lipinski definition) is 1. The van der Waals surface area contributed by atoms with E-state index in [0.717, 1.165) is 19.8 Å². The summed E-state index contributed by atoms with van der Waals surface area (Å²) in [7, 11) is 0. The third kappa shape index (κ3) is 9.17. The summed E-state index contributed by atoms with van der Waals surface area (Å²) in [6, 6.07) is 23.8. The first-order valence-corrected chi connectivity index (χ1v) is 16.5. The number of nitrogens with zero attached hydrogens (tertiary/aromatic N) is 3. The van der Waals surface area contributed by atoms with Gasteiger partial charge in [-0.15, -0.1) is 0 Å². The number of esters is 1. The summed E-state index contributed by atoms with van der Waals surface area (Å²) >= 11 is 8.32. The van der Waals surface area contributed by atoms with Crippen molar-refractivity contribution in [3.05, 3.63) is 98.9 Å². The molecule has 1 heterocycles. The Morgan fingerprint density at radius 2 is 1.37 bits per heavy atom. The SMILES string of the molecule is CC(C)N1C(=O)N(c2ccccc2)CSC1=NC(C)(C)C.CC(C)OC(=O)C(O)(c1ccc(Br)cc1)c1ccc(Br)cc1. The average molecular weight is 734 g/mol. The first-order chi connectivity index (χ1) is 20.1. The van der Waals surface area contributed by atoms with Crippen molar-refractivity contribution >= 4 is 66.5 Å². The van der Waals surface area contributed by atoms with Gasteiger partial charge in [0.15, 0.2) is 5.17 Å². The first kappa shape index (κ1) is 34.8. The van der Waals surface area contributed by atoms with Gasteiger partial charge in [-0.05, 0) is 96.0 Å². The molecule has 2 amide bonds. The molecule has 7 nitrogen and oxygen atoms in total. The van der Waals surface area contributed by atoms with E-state index < -0.39 is 11.6 Å². The minimum Gasteiger partial charge on any atom is -0.460 e. The zero-order valence-corrected chi connectivity index (χ0v) is 29.5. The van der Waals surface area contributed by atoms with Crippen molar-refractivity contribution in [1.82, 2.24) is 4.90 Å². The zero-order chi connectivity index (χ0) is 31.9. The van der Waals surface area contributed by atoms with Gasteiger partial charge in [-0.25, -0.2) is 9.59 Å². The van der Waals surface area contributed by atoms with Gasteiger partial charge >= 0.3 is 12.0 Å². The fourth-order valence-corrected chi connectivity index (χ4v) is 5.95. The number of carbonyl (C=O) groups excluding carboxylic acids is 2. The number of aliphatic hydroxyl groups is 1. The van der Waals surface area contributed by atoms with E-state index in [1.807, 2.05) is 65.0 Å². The molecule has 1 aliphatic heterocycles. The third-order valence-electron chi connectivity index (χ3n) is 6.14. The van der Waals surface area contributed by atoms with Gasteiger partial charge in [-0.3, -0.25) is 14.8 Å². The normalized spacial score (nSPS) is 15.1. The fraction of sp³-hybridized carbons (Fsp3) is 0.364. The van der Waals surface area contributed by atoms with Crippen molar-refractivity contribution in [2.75, 3.05) is 10.8 Å². The van der Waals surface area contributed by atoms with Crippen LogP contribution in [0.3, 0.4) is 0 Å². The average Bonchev–Trinajstić information content (AvgIpc) is 2.93. The number of carbonyl (C=O) groups is 2. The van der Waals surface area contributed by atoms with E-state index in [4.69, 9.17) is 9.73 Å². The highest BCUT2D eigenvalue weighted by Gasteiger charge is 2.42. The van der Waals surface area contributed by atoms with Crippen LogP contribution < -0.4 is 4.90 Å². The number of aliphatic imine (C=N–C) groups is 1. The molecule has 1 N–H and O–H groups in total. The molecule has 1 saturated heterocycles. The Bertz CT molecular complexity index is 1360. The van der Waals surface area contributed by atoms with Crippen molar-refractivity contribution in [2.45, 2.75) is 71.8 Å². The van der Waals surface area contributed by atoms with Gasteiger partial charge in [0, 0.05) is 20.7 Å². The first-order valence-electron chi connectivity index (χ1n) is 14.0. The van der Waals surface area contributed by atoms with E-state index >= 15 is 0 Å². The highest BCUT2D eigenvalue weighted by molar-refractivity contribution is 9.10. The maximum absolute atomic E-state index is 12.8. The van der Waals surface area contributed by atoms with Crippen molar-refractivity contribution < 1.29 is 19.4 Å². The van der Waals surface area contributed by atoms with Crippen LogP contribution in [0.4, 0.5) is 10.5 Å². The highest BCUT2D eigenvalue weighted by Crippen LogP contribution is 2.33. The Morgan fingerprint density at radius 3 is 1.79 bits per heavy atom. The lowest BCUT2D eigenvalue weighted by Crippen LogP contribution is -2.53. The van der Waals surface area contributed by atoms with Crippen LogP contribution in [0.15, 0.2) is 92.8 Å². The minimum absolute atomic E-state index is 0.00190. The van der Waals surface area contributed by atoms with Crippen molar-refractivity contribution in [3.8, 4) is 0 Å². The van der Waals surface area contributed by atoms with Crippen LogP contribution in [-0.4, -0.2) is 50.7 Å². The van der Waals surface area contributed by atoms with Gasteiger partial charge in [0.25, 0.3) is 0 Å². The molecule has 10 heteroatoms. The molecule has 0 saturated carbocycles. The molecule has 0 radical (unpaired) electrons. The number of amidine groups is 1.